The molecule has 2 nitrogen and oxygen atoms in total. The third-order valence-corrected chi connectivity index (χ3v) is 2.87. The molecule has 1 aromatic rings. The van der Waals surface area contributed by atoms with Gasteiger partial charge in [-0.1, -0.05) is 18.2 Å². The van der Waals surface area contributed by atoms with Gasteiger partial charge in [0.25, 0.3) is 0 Å². The number of benzene rings is 1. The number of ether oxygens (including phenoxy) is 1. The zero-order chi connectivity index (χ0) is 11.4. The molecular weight excluding hydrogens is 198 g/mol. The second-order valence-electron chi connectivity index (χ2n) is 4.20. The lowest BCUT2D eigenvalue weighted by Gasteiger charge is -2.28. The van der Waals surface area contributed by atoms with Crippen LogP contribution in [0.4, 0.5) is 0 Å². The third kappa shape index (κ3) is 2.37. The van der Waals surface area contributed by atoms with Crippen LogP contribution >= 0.6 is 0 Å². The molecular formula is C14H17NO. The Hall–Kier alpha value is -1.46. The summed E-state index contributed by atoms with van der Waals surface area (Å²) in [6.45, 7) is 2.90. The first kappa shape index (κ1) is 11.0. The highest BCUT2D eigenvalue weighted by Gasteiger charge is 2.21. The summed E-state index contributed by atoms with van der Waals surface area (Å²) in [5, 5.41) is 3.55. The van der Waals surface area contributed by atoms with Crippen molar-refractivity contribution in [2.45, 2.75) is 31.8 Å². The van der Waals surface area contributed by atoms with Crippen LogP contribution in [-0.2, 0) is 0 Å². The van der Waals surface area contributed by atoms with Gasteiger partial charge in [0.15, 0.2) is 0 Å². The van der Waals surface area contributed by atoms with Gasteiger partial charge in [-0.05, 0) is 13.0 Å². The molecule has 0 saturated carbocycles. The van der Waals surface area contributed by atoms with Gasteiger partial charge >= 0.3 is 0 Å². The quantitative estimate of drug-likeness (QED) is 0.782. The summed E-state index contributed by atoms with van der Waals surface area (Å²) >= 11 is 0. The fourth-order valence-corrected chi connectivity index (χ4v) is 2.09. The van der Waals surface area contributed by atoms with Crippen molar-refractivity contribution in [3.05, 3.63) is 29.8 Å². The molecule has 0 fully saturated rings. The molecule has 0 aromatic heterocycles. The van der Waals surface area contributed by atoms with E-state index in [2.05, 4.69) is 24.2 Å². The molecule has 2 heteroatoms. The van der Waals surface area contributed by atoms with E-state index in [1.165, 1.54) is 5.56 Å². The van der Waals surface area contributed by atoms with Crippen molar-refractivity contribution in [1.82, 2.24) is 5.32 Å². The Bertz CT molecular complexity index is 394. The van der Waals surface area contributed by atoms with Gasteiger partial charge < -0.3 is 10.1 Å². The van der Waals surface area contributed by atoms with Crippen molar-refractivity contribution in [2.75, 3.05) is 6.61 Å². The van der Waals surface area contributed by atoms with Crippen molar-refractivity contribution in [1.29, 1.82) is 0 Å². The highest BCUT2D eigenvalue weighted by molar-refractivity contribution is 5.37. The average Bonchev–Trinajstić information content (AvgIpc) is 2.30. The molecule has 0 aliphatic carbocycles. The molecule has 0 spiro atoms. The summed E-state index contributed by atoms with van der Waals surface area (Å²) in [4.78, 5) is 0. The van der Waals surface area contributed by atoms with E-state index >= 15 is 0 Å². The first-order valence-electron chi connectivity index (χ1n) is 5.72. The Morgan fingerprint density at radius 1 is 1.56 bits per heavy atom. The summed E-state index contributed by atoms with van der Waals surface area (Å²) in [5.74, 6) is 3.69. The average molecular weight is 215 g/mol. The number of nitrogens with one attached hydrogen (secondary N) is 1. The molecule has 2 atom stereocenters. The number of terminal acetylenes is 1. The SMILES string of the molecule is C#CCC(C)NC1CCOc2ccccc21. The molecule has 1 aromatic carbocycles. The molecule has 0 bridgehead atoms. The Labute approximate surface area is 97.0 Å². The molecule has 0 amide bonds. The normalized spacial score (nSPS) is 20.4. The summed E-state index contributed by atoms with van der Waals surface area (Å²) < 4.78 is 5.61. The van der Waals surface area contributed by atoms with E-state index in [0.717, 1.165) is 25.2 Å². The van der Waals surface area contributed by atoms with Crippen molar-refractivity contribution in [3.8, 4) is 18.1 Å². The van der Waals surface area contributed by atoms with Crippen molar-refractivity contribution in [3.63, 3.8) is 0 Å². The minimum absolute atomic E-state index is 0.348. The predicted molar refractivity (Wildman–Crippen MR) is 65.3 cm³/mol. The molecule has 2 rings (SSSR count). The van der Waals surface area contributed by atoms with E-state index in [-0.39, 0.29) is 0 Å². The van der Waals surface area contributed by atoms with Crippen molar-refractivity contribution in [2.24, 2.45) is 0 Å². The van der Waals surface area contributed by atoms with Crippen LogP contribution < -0.4 is 10.1 Å². The number of hydrogen-bond acceptors (Lipinski definition) is 2. The van der Waals surface area contributed by atoms with E-state index in [1.54, 1.807) is 0 Å². The van der Waals surface area contributed by atoms with Crippen LogP contribution in [0.2, 0.25) is 0 Å². The zero-order valence-corrected chi connectivity index (χ0v) is 9.57. The van der Waals surface area contributed by atoms with Gasteiger partial charge in [0, 0.05) is 30.5 Å². The fourth-order valence-electron chi connectivity index (χ4n) is 2.09. The number of fused-ring (bicyclic) bond motifs is 1. The van der Waals surface area contributed by atoms with Crippen molar-refractivity contribution >= 4 is 0 Å². The standard InChI is InChI=1S/C14H17NO/c1-3-6-11(2)15-13-9-10-16-14-8-5-4-7-12(13)14/h1,4-5,7-8,11,13,15H,6,9-10H2,2H3. The van der Waals surface area contributed by atoms with Crippen LogP contribution in [0.15, 0.2) is 24.3 Å². The lowest BCUT2D eigenvalue weighted by Crippen LogP contribution is -2.33. The van der Waals surface area contributed by atoms with Crippen LogP contribution in [0, 0.1) is 12.3 Å². The highest BCUT2D eigenvalue weighted by atomic mass is 16.5. The van der Waals surface area contributed by atoms with Crippen LogP contribution in [0.3, 0.4) is 0 Å². The number of para-hydroxylation sites is 1. The topological polar surface area (TPSA) is 21.3 Å². The molecule has 1 aliphatic heterocycles. The maximum atomic E-state index is 5.61. The van der Waals surface area contributed by atoms with Crippen molar-refractivity contribution < 1.29 is 4.74 Å². The van der Waals surface area contributed by atoms with Gasteiger partial charge in [0.2, 0.25) is 0 Å². The van der Waals surface area contributed by atoms with E-state index in [4.69, 9.17) is 11.2 Å². The van der Waals surface area contributed by atoms with Gasteiger partial charge in [-0.15, -0.1) is 12.3 Å². The fraction of sp³-hybridized carbons (Fsp3) is 0.429. The van der Waals surface area contributed by atoms with Crippen LogP contribution in [0.25, 0.3) is 0 Å². The van der Waals surface area contributed by atoms with E-state index in [9.17, 15) is 0 Å². The summed E-state index contributed by atoms with van der Waals surface area (Å²) in [7, 11) is 0. The molecule has 2 unspecified atom stereocenters. The van der Waals surface area contributed by atoms with Gasteiger partial charge in [0.1, 0.15) is 5.75 Å². The summed E-state index contributed by atoms with van der Waals surface area (Å²) in [5.41, 5.74) is 1.25. The molecule has 1 heterocycles. The predicted octanol–water partition coefficient (Wildman–Crippen LogP) is 2.51. The van der Waals surface area contributed by atoms with E-state index in [1.807, 2.05) is 18.2 Å². The summed E-state index contributed by atoms with van der Waals surface area (Å²) in [6.07, 6.45) is 7.08. The minimum Gasteiger partial charge on any atom is -0.493 e. The van der Waals surface area contributed by atoms with Crippen LogP contribution in [0.5, 0.6) is 5.75 Å². The maximum Gasteiger partial charge on any atom is 0.124 e. The number of rotatable bonds is 3. The van der Waals surface area contributed by atoms with Gasteiger partial charge in [-0.25, -0.2) is 0 Å². The van der Waals surface area contributed by atoms with Gasteiger partial charge in [-0.2, -0.15) is 0 Å². The maximum absolute atomic E-state index is 5.61. The molecule has 0 saturated heterocycles. The van der Waals surface area contributed by atoms with Crippen LogP contribution in [0.1, 0.15) is 31.4 Å². The molecule has 84 valence electrons. The van der Waals surface area contributed by atoms with Gasteiger partial charge in [-0.3, -0.25) is 0 Å². The lowest BCUT2D eigenvalue weighted by molar-refractivity contribution is 0.246. The highest BCUT2D eigenvalue weighted by Crippen LogP contribution is 2.31. The second kappa shape index (κ2) is 5.05. The molecule has 1 N–H and O–H groups in total. The van der Waals surface area contributed by atoms with Gasteiger partial charge in [0.05, 0.1) is 6.61 Å². The third-order valence-electron chi connectivity index (χ3n) is 2.87. The Kier molecular flexibility index (Phi) is 3.48. The number of hydrogen-bond donors (Lipinski definition) is 1. The lowest BCUT2D eigenvalue weighted by atomic mass is 9.99. The van der Waals surface area contributed by atoms with Crippen LogP contribution in [-0.4, -0.2) is 12.6 Å². The van der Waals surface area contributed by atoms with E-state index in [0.29, 0.717) is 12.1 Å². The Balaban J connectivity index is 2.10. The first-order valence-corrected chi connectivity index (χ1v) is 5.72. The Morgan fingerprint density at radius 2 is 2.38 bits per heavy atom. The summed E-state index contributed by atoms with van der Waals surface area (Å²) in [6, 6.07) is 8.92. The Morgan fingerprint density at radius 3 is 3.19 bits per heavy atom. The molecule has 1 aliphatic rings. The smallest absolute Gasteiger partial charge is 0.124 e. The first-order chi connectivity index (χ1) is 7.81. The second-order valence-corrected chi connectivity index (χ2v) is 4.20. The molecule has 0 radical (unpaired) electrons. The minimum atomic E-state index is 0.348. The van der Waals surface area contributed by atoms with E-state index < -0.39 is 0 Å². The molecule has 16 heavy (non-hydrogen) atoms. The zero-order valence-electron chi connectivity index (χ0n) is 9.57. The monoisotopic (exact) mass is 215 g/mol. The largest absolute Gasteiger partial charge is 0.493 e.